The van der Waals surface area contributed by atoms with Gasteiger partial charge < -0.3 is 14.8 Å². The van der Waals surface area contributed by atoms with Gasteiger partial charge in [-0.1, -0.05) is 13.8 Å². The first kappa shape index (κ1) is 12.7. The second-order valence-electron chi connectivity index (χ2n) is 5.14. The Balaban J connectivity index is 2.66. The molecule has 1 aromatic rings. The van der Waals surface area contributed by atoms with Crippen LogP contribution in [-0.4, -0.2) is 26.7 Å². The van der Waals surface area contributed by atoms with Gasteiger partial charge in [0.25, 0.3) is 5.91 Å². The smallest absolute Gasteiger partial charge is 0.251 e. The van der Waals surface area contributed by atoms with E-state index in [4.69, 9.17) is 9.47 Å². The molecule has 2 rings (SSSR count). The van der Waals surface area contributed by atoms with Crippen molar-refractivity contribution in [2.75, 3.05) is 20.8 Å². The molecule has 18 heavy (non-hydrogen) atoms. The largest absolute Gasteiger partial charge is 0.493 e. The van der Waals surface area contributed by atoms with E-state index in [9.17, 15) is 4.79 Å². The van der Waals surface area contributed by atoms with Gasteiger partial charge in [0.15, 0.2) is 11.5 Å². The summed E-state index contributed by atoms with van der Waals surface area (Å²) in [5.74, 6) is 1.21. The van der Waals surface area contributed by atoms with Crippen molar-refractivity contribution in [3.05, 3.63) is 23.3 Å². The molecule has 1 aliphatic rings. The van der Waals surface area contributed by atoms with Crippen LogP contribution in [0.4, 0.5) is 0 Å². The van der Waals surface area contributed by atoms with Gasteiger partial charge in [-0.3, -0.25) is 4.79 Å². The fraction of sp³-hybridized carbons (Fsp3) is 0.500. The summed E-state index contributed by atoms with van der Waals surface area (Å²) in [4.78, 5) is 12.1. The normalized spacial score (nSPS) is 17.4. The topological polar surface area (TPSA) is 47.6 Å². The van der Waals surface area contributed by atoms with Gasteiger partial charge in [-0.25, -0.2) is 0 Å². The predicted molar refractivity (Wildman–Crippen MR) is 69.5 cm³/mol. The molecule has 0 radical (unpaired) electrons. The quantitative estimate of drug-likeness (QED) is 0.873. The van der Waals surface area contributed by atoms with Crippen molar-refractivity contribution in [1.29, 1.82) is 0 Å². The molecule has 1 amide bonds. The molecule has 0 aromatic heterocycles. The zero-order chi connectivity index (χ0) is 13.3. The van der Waals surface area contributed by atoms with E-state index in [0.717, 1.165) is 12.0 Å². The minimum atomic E-state index is -0.0615. The molecule has 4 nitrogen and oxygen atoms in total. The average Bonchev–Trinajstić information content (AvgIpc) is 2.46. The maximum atomic E-state index is 12.1. The third-order valence-electron chi connectivity index (χ3n) is 3.53. The molecular weight excluding hydrogens is 230 g/mol. The minimum Gasteiger partial charge on any atom is -0.493 e. The molecule has 0 fully saturated rings. The van der Waals surface area contributed by atoms with Crippen molar-refractivity contribution in [3.63, 3.8) is 0 Å². The molecule has 0 spiro atoms. The predicted octanol–water partition coefficient (Wildman–Crippen LogP) is 2.11. The number of fused-ring (bicyclic) bond motifs is 1. The lowest BCUT2D eigenvalue weighted by Gasteiger charge is -2.25. The van der Waals surface area contributed by atoms with Crippen LogP contribution in [-0.2, 0) is 5.41 Å². The first-order chi connectivity index (χ1) is 8.49. The van der Waals surface area contributed by atoms with Crippen LogP contribution in [0.3, 0.4) is 0 Å². The number of carbonyl (C=O) groups excluding carboxylic acids is 1. The van der Waals surface area contributed by atoms with E-state index < -0.39 is 0 Å². The molecule has 4 heteroatoms. The lowest BCUT2D eigenvalue weighted by atomic mass is 9.79. The van der Waals surface area contributed by atoms with E-state index in [1.807, 2.05) is 6.07 Å². The monoisotopic (exact) mass is 249 g/mol. The highest BCUT2D eigenvalue weighted by Crippen LogP contribution is 2.38. The molecule has 1 heterocycles. The lowest BCUT2D eigenvalue weighted by Crippen LogP contribution is -2.23. The maximum absolute atomic E-state index is 12.1. The van der Waals surface area contributed by atoms with Crippen LogP contribution in [0.2, 0.25) is 0 Å². The van der Waals surface area contributed by atoms with Crippen molar-refractivity contribution >= 4 is 5.91 Å². The Morgan fingerprint density at radius 3 is 2.39 bits per heavy atom. The van der Waals surface area contributed by atoms with E-state index in [1.54, 1.807) is 20.3 Å². The summed E-state index contributed by atoms with van der Waals surface area (Å²) < 4.78 is 10.6. The zero-order valence-electron chi connectivity index (χ0n) is 11.3. The highest BCUT2D eigenvalue weighted by molar-refractivity contribution is 5.97. The number of benzene rings is 1. The van der Waals surface area contributed by atoms with Crippen molar-refractivity contribution in [2.24, 2.45) is 0 Å². The van der Waals surface area contributed by atoms with E-state index in [2.05, 4.69) is 19.2 Å². The van der Waals surface area contributed by atoms with Crippen molar-refractivity contribution < 1.29 is 14.3 Å². The average molecular weight is 249 g/mol. The van der Waals surface area contributed by atoms with Crippen LogP contribution < -0.4 is 14.8 Å². The maximum Gasteiger partial charge on any atom is 0.251 e. The second kappa shape index (κ2) is 4.52. The van der Waals surface area contributed by atoms with Gasteiger partial charge in [0.05, 0.1) is 14.2 Å². The number of carbonyl (C=O) groups is 1. The molecule has 0 atom stereocenters. The first-order valence-electron chi connectivity index (χ1n) is 6.04. The molecular formula is C14H19NO3. The molecule has 0 bridgehead atoms. The summed E-state index contributed by atoms with van der Waals surface area (Å²) in [6.07, 6.45) is 0.904. The third-order valence-corrected chi connectivity index (χ3v) is 3.53. The first-order valence-corrected chi connectivity index (χ1v) is 6.04. The number of methoxy groups -OCH3 is 2. The van der Waals surface area contributed by atoms with Gasteiger partial charge in [0.2, 0.25) is 0 Å². The summed E-state index contributed by atoms with van der Waals surface area (Å²) >= 11 is 0. The van der Waals surface area contributed by atoms with Crippen molar-refractivity contribution in [1.82, 2.24) is 5.32 Å². The Hall–Kier alpha value is -1.71. The summed E-state index contributed by atoms with van der Waals surface area (Å²) in [7, 11) is 3.18. The third kappa shape index (κ3) is 2.03. The van der Waals surface area contributed by atoms with Crippen LogP contribution in [0.1, 0.15) is 36.2 Å². The van der Waals surface area contributed by atoms with Crippen LogP contribution in [0.5, 0.6) is 11.5 Å². The zero-order valence-corrected chi connectivity index (χ0v) is 11.3. The standard InChI is InChI=1S/C14H19NO3/c1-14(2)5-6-15-13(16)9-7-11(17-3)12(18-4)8-10(9)14/h7-8H,5-6H2,1-4H3,(H,15,16). The SMILES string of the molecule is COc1cc2c(cc1OC)C(C)(C)CCNC2=O. The van der Waals surface area contributed by atoms with E-state index in [-0.39, 0.29) is 11.3 Å². The highest BCUT2D eigenvalue weighted by atomic mass is 16.5. The Morgan fingerprint density at radius 2 is 1.78 bits per heavy atom. The van der Waals surface area contributed by atoms with E-state index >= 15 is 0 Å². The lowest BCUT2D eigenvalue weighted by molar-refractivity contribution is 0.0955. The molecule has 0 saturated heterocycles. The van der Waals surface area contributed by atoms with Crippen molar-refractivity contribution in [2.45, 2.75) is 25.7 Å². The molecule has 98 valence electrons. The Bertz CT molecular complexity index is 480. The summed E-state index contributed by atoms with van der Waals surface area (Å²) in [6, 6.07) is 3.68. The molecule has 1 aromatic carbocycles. The molecule has 1 N–H and O–H groups in total. The van der Waals surface area contributed by atoms with Crippen LogP contribution in [0.15, 0.2) is 12.1 Å². The van der Waals surface area contributed by atoms with Crippen LogP contribution in [0, 0.1) is 0 Å². The van der Waals surface area contributed by atoms with Gasteiger partial charge in [-0.05, 0) is 29.5 Å². The number of ether oxygens (including phenoxy) is 2. The fourth-order valence-electron chi connectivity index (χ4n) is 2.35. The van der Waals surface area contributed by atoms with E-state index in [1.165, 1.54) is 0 Å². The summed E-state index contributed by atoms with van der Waals surface area (Å²) in [5, 5.41) is 2.91. The summed E-state index contributed by atoms with van der Waals surface area (Å²) in [5.41, 5.74) is 1.62. The van der Waals surface area contributed by atoms with Gasteiger partial charge in [-0.2, -0.15) is 0 Å². The molecule has 0 saturated carbocycles. The number of nitrogens with one attached hydrogen (secondary N) is 1. The number of hydrogen-bond acceptors (Lipinski definition) is 3. The fourth-order valence-corrected chi connectivity index (χ4v) is 2.35. The van der Waals surface area contributed by atoms with Gasteiger partial charge in [0.1, 0.15) is 0 Å². The number of hydrogen-bond donors (Lipinski definition) is 1. The number of amides is 1. The summed E-state index contributed by atoms with van der Waals surface area (Å²) in [6.45, 7) is 4.96. The highest BCUT2D eigenvalue weighted by Gasteiger charge is 2.30. The van der Waals surface area contributed by atoms with Gasteiger partial charge in [0, 0.05) is 12.1 Å². The Kier molecular flexibility index (Phi) is 3.20. The van der Waals surface area contributed by atoms with Gasteiger partial charge in [-0.15, -0.1) is 0 Å². The Morgan fingerprint density at radius 1 is 1.17 bits per heavy atom. The molecule has 1 aliphatic heterocycles. The van der Waals surface area contributed by atoms with Crippen LogP contribution >= 0.6 is 0 Å². The van der Waals surface area contributed by atoms with Crippen molar-refractivity contribution in [3.8, 4) is 11.5 Å². The van der Waals surface area contributed by atoms with Crippen LogP contribution in [0.25, 0.3) is 0 Å². The second-order valence-corrected chi connectivity index (χ2v) is 5.14. The number of rotatable bonds is 2. The Labute approximate surface area is 107 Å². The van der Waals surface area contributed by atoms with Gasteiger partial charge >= 0.3 is 0 Å². The van der Waals surface area contributed by atoms with E-state index in [0.29, 0.717) is 23.6 Å². The minimum absolute atomic E-state index is 0.0449. The molecule has 0 unspecified atom stereocenters. The molecule has 0 aliphatic carbocycles.